The van der Waals surface area contributed by atoms with Crippen LogP contribution in [0.4, 0.5) is 13.2 Å². The highest BCUT2D eigenvalue weighted by Gasteiger charge is 2.52. The van der Waals surface area contributed by atoms with Gasteiger partial charge in [-0.25, -0.2) is 9.18 Å². The van der Waals surface area contributed by atoms with Crippen LogP contribution < -0.4 is 0 Å². The average molecular weight is 266 g/mol. The molecule has 6 nitrogen and oxygen atoms in total. The zero-order valence-corrected chi connectivity index (χ0v) is 8.58. The first-order valence-electron chi connectivity index (χ1n) is 3.88. The van der Waals surface area contributed by atoms with Crippen LogP contribution in [-0.2, 0) is 19.6 Å². The number of hydrogen-bond donors (Lipinski definition) is 2. The number of hydrogen-bond acceptors (Lipinski definition) is 5. The average Bonchev–Trinajstić information content (AvgIpc) is 2.15. The Bertz CT molecular complexity index is 340. The van der Waals surface area contributed by atoms with E-state index in [4.69, 9.17) is 9.66 Å². The Morgan fingerprint density at radius 1 is 1.44 bits per heavy atom. The lowest BCUT2D eigenvalue weighted by Gasteiger charge is -2.17. The van der Waals surface area contributed by atoms with Crippen LogP contribution in [0.2, 0.25) is 0 Å². The van der Waals surface area contributed by atoms with Gasteiger partial charge in [-0.2, -0.15) is 17.2 Å². The van der Waals surface area contributed by atoms with Gasteiger partial charge in [0.05, 0.1) is 6.61 Å². The molecule has 0 amide bonds. The molecule has 10 heteroatoms. The van der Waals surface area contributed by atoms with E-state index in [1.165, 1.54) is 0 Å². The second-order valence-electron chi connectivity index (χ2n) is 2.67. The third-order valence-electron chi connectivity index (χ3n) is 1.47. The molecular weight excluding hydrogens is 257 g/mol. The molecule has 96 valence electrons. The summed E-state index contributed by atoms with van der Waals surface area (Å²) in [6.45, 7) is -1.85. The third kappa shape index (κ3) is 3.94. The normalized spacial score (nSPS) is 14.6. The van der Waals surface area contributed by atoms with Crippen molar-refractivity contribution in [2.45, 2.75) is 17.8 Å². The van der Waals surface area contributed by atoms with Crippen molar-refractivity contribution >= 4 is 16.1 Å². The lowest BCUT2D eigenvalue weighted by molar-refractivity contribution is -0.147. The molecule has 0 aromatic rings. The van der Waals surface area contributed by atoms with Crippen LogP contribution in [0.5, 0.6) is 0 Å². The lowest BCUT2D eigenvalue weighted by atomic mass is 10.3. The SMILES string of the molecule is O=C(CO)OCCC(F)C(F)(F)S(=O)(=O)O. The van der Waals surface area contributed by atoms with Gasteiger partial charge in [0.1, 0.15) is 6.61 Å². The van der Waals surface area contributed by atoms with Crippen molar-refractivity contribution in [2.75, 3.05) is 13.2 Å². The minimum Gasteiger partial charge on any atom is -0.464 e. The third-order valence-corrected chi connectivity index (χ3v) is 2.42. The summed E-state index contributed by atoms with van der Waals surface area (Å²) in [5, 5.41) is 3.18. The molecule has 1 atom stereocenters. The van der Waals surface area contributed by atoms with Gasteiger partial charge < -0.3 is 9.84 Å². The standard InChI is InChI=1S/C6H9F3O6S/c7-4(1-2-15-5(11)3-10)6(8,9)16(12,13)14/h4,10H,1-3H2,(H,12,13,14). The van der Waals surface area contributed by atoms with Gasteiger partial charge >= 0.3 is 21.3 Å². The summed E-state index contributed by atoms with van der Waals surface area (Å²) < 4.78 is 69.9. The Morgan fingerprint density at radius 3 is 2.31 bits per heavy atom. The summed E-state index contributed by atoms with van der Waals surface area (Å²) in [6.07, 6.45) is -4.34. The number of carbonyl (C=O) groups excluding carboxylic acids is 1. The molecule has 0 radical (unpaired) electrons. The van der Waals surface area contributed by atoms with Crippen LogP contribution in [0.3, 0.4) is 0 Å². The van der Waals surface area contributed by atoms with Crippen LogP contribution in [0.1, 0.15) is 6.42 Å². The molecule has 0 aromatic carbocycles. The van der Waals surface area contributed by atoms with Crippen molar-refractivity contribution in [3.63, 3.8) is 0 Å². The first kappa shape index (κ1) is 15.1. The molecular formula is C6H9F3O6S. The fraction of sp³-hybridized carbons (Fsp3) is 0.833. The van der Waals surface area contributed by atoms with Gasteiger partial charge in [0.25, 0.3) is 0 Å². The first-order chi connectivity index (χ1) is 7.13. The van der Waals surface area contributed by atoms with Gasteiger partial charge in [0.15, 0.2) is 6.17 Å². The van der Waals surface area contributed by atoms with Gasteiger partial charge in [-0.3, -0.25) is 4.55 Å². The number of aliphatic hydroxyl groups excluding tert-OH is 1. The predicted molar refractivity (Wildman–Crippen MR) is 44.1 cm³/mol. The first-order valence-corrected chi connectivity index (χ1v) is 5.32. The molecule has 0 aliphatic carbocycles. The zero-order chi connectivity index (χ0) is 13.0. The summed E-state index contributed by atoms with van der Waals surface area (Å²) in [5.74, 6) is -1.16. The predicted octanol–water partition coefficient (Wildman–Crippen LogP) is -0.269. The van der Waals surface area contributed by atoms with E-state index in [2.05, 4.69) is 4.74 Å². The van der Waals surface area contributed by atoms with Crippen molar-refractivity contribution in [3.05, 3.63) is 0 Å². The number of aliphatic hydroxyl groups is 1. The van der Waals surface area contributed by atoms with Crippen molar-refractivity contribution in [1.29, 1.82) is 0 Å². The maximum Gasteiger partial charge on any atom is 0.400 e. The number of esters is 1. The lowest BCUT2D eigenvalue weighted by Crippen LogP contribution is -2.39. The molecule has 1 unspecified atom stereocenters. The highest BCUT2D eigenvalue weighted by Crippen LogP contribution is 2.29. The van der Waals surface area contributed by atoms with E-state index < -0.39 is 47.1 Å². The molecule has 0 aliphatic heterocycles. The van der Waals surface area contributed by atoms with E-state index in [0.29, 0.717) is 0 Å². The van der Waals surface area contributed by atoms with Crippen molar-refractivity contribution in [2.24, 2.45) is 0 Å². The van der Waals surface area contributed by atoms with E-state index in [9.17, 15) is 26.4 Å². The summed E-state index contributed by atoms with van der Waals surface area (Å²) >= 11 is 0. The molecule has 0 aromatic heterocycles. The summed E-state index contributed by atoms with van der Waals surface area (Å²) in [4.78, 5) is 10.3. The van der Waals surface area contributed by atoms with Crippen molar-refractivity contribution < 1.29 is 40.8 Å². The number of alkyl halides is 3. The Morgan fingerprint density at radius 2 is 1.94 bits per heavy atom. The Balaban J connectivity index is 4.27. The molecule has 0 spiro atoms. The second-order valence-corrected chi connectivity index (χ2v) is 4.17. The zero-order valence-electron chi connectivity index (χ0n) is 7.77. The molecule has 0 aliphatic rings. The Hall–Kier alpha value is -0.870. The Labute approximate surface area is 88.8 Å². The molecule has 0 bridgehead atoms. The van der Waals surface area contributed by atoms with Crippen LogP contribution in [0.25, 0.3) is 0 Å². The maximum atomic E-state index is 12.7. The topological polar surface area (TPSA) is 101 Å². The van der Waals surface area contributed by atoms with E-state index in [0.717, 1.165) is 0 Å². The highest BCUT2D eigenvalue weighted by atomic mass is 32.2. The van der Waals surface area contributed by atoms with E-state index >= 15 is 0 Å². The molecule has 0 saturated carbocycles. The smallest absolute Gasteiger partial charge is 0.400 e. The monoisotopic (exact) mass is 266 g/mol. The van der Waals surface area contributed by atoms with Gasteiger partial charge in [0.2, 0.25) is 0 Å². The number of carbonyl (C=O) groups is 1. The highest BCUT2D eigenvalue weighted by molar-refractivity contribution is 7.86. The minimum absolute atomic E-state index is 0.842. The van der Waals surface area contributed by atoms with Crippen LogP contribution in [-0.4, -0.2) is 48.7 Å². The van der Waals surface area contributed by atoms with Gasteiger partial charge in [-0.1, -0.05) is 0 Å². The van der Waals surface area contributed by atoms with E-state index in [1.807, 2.05) is 0 Å². The van der Waals surface area contributed by atoms with Crippen LogP contribution in [0, 0.1) is 0 Å². The van der Waals surface area contributed by atoms with Gasteiger partial charge in [-0.15, -0.1) is 0 Å². The number of rotatable bonds is 6. The molecule has 0 heterocycles. The summed E-state index contributed by atoms with van der Waals surface area (Å²) in [5.41, 5.74) is 0. The number of halogens is 3. The van der Waals surface area contributed by atoms with Gasteiger partial charge in [-0.05, 0) is 0 Å². The number of ether oxygens (including phenoxy) is 1. The largest absolute Gasteiger partial charge is 0.464 e. The Kier molecular flexibility index (Phi) is 5.16. The molecule has 0 saturated heterocycles. The van der Waals surface area contributed by atoms with Crippen LogP contribution in [0.15, 0.2) is 0 Å². The quantitative estimate of drug-likeness (QED) is 0.507. The van der Waals surface area contributed by atoms with Crippen molar-refractivity contribution in [1.82, 2.24) is 0 Å². The molecule has 16 heavy (non-hydrogen) atoms. The van der Waals surface area contributed by atoms with Gasteiger partial charge in [0, 0.05) is 6.42 Å². The van der Waals surface area contributed by atoms with E-state index in [-0.39, 0.29) is 0 Å². The molecule has 2 N–H and O–H groups in total. The summed E-state index contributed by atoms with van der Waals surface area (Å²) in [7, 11) is -5.86. The molecule has 0 rings (SSSR count). The maximum absolute atomic E-state index is 12.7. The summed E-state index contributed by atoms with van der Waals surface area (Å²) in [6, 6.07) is 0. The molecule has 0 fully saturated rings. The fourth-order valence-electron chi connectivity index (χ4n) is 0.652. The van der Waals surface area contributed by atoms with E-state index in [1.54, 1.807) is 0 Å². The minimum atomic E-state index is -5.86. The fourth-order valence-corrected chi connectivity index (χ4v) is 1.09. The second kappa shape index (κ2) is 5.46. The van der Waals surface area contributed by atoms with Crippen molar-refractivity contribution in [3.8, 4) is 0 Å². The van der Waals surface area contributed by atoms with Crippen LogP contribution >= 0.6 is 0 Å².